The van der Waals surface area contributed by atoms with Gasteiger partial charge >= 0.3 is 5.97 Å². The van der Waals surface area contributed by atoms with Crippen LogP contribution in [0.1, 0.15) is 52.4 Å². The molecule has 1 atom stereocenters. The Balaban J connectivity index is 1.29. The summed E-state index contributed by atoms with van der Waals surface area (Å²) in [5, 5.41) is 0. The highest BCUT2D eigenvalue weighted by Crippen LogP contribution is 2.40. The third-order valence-electron chi connectivity index (χ3n) is 8.07. The summed E-state index contributed by atoms with van der Waals surface area (Å²) in [6, 6.07) is 19.4. The van der Waals surface area contributed by atoms with Crippen LogP contribution >= 0.6 is 0 Å². The molecule has 0 amide bonds. The number of piperidine rings is 3. The van der Waals surface area contributed by atoms with Crippen molar-refractivity contribution in [3.8, 4) is 0 Å². The number of quaternary nitrogens is 1. The van der Waals surface area contributed by atoms with Crippen LogP contribution in [0.3, 0.4) is 0 Å². The third-order valence-corrected chi connectivity index (χ3v) is 8.07. The van der Waals surface area contributed by atoms with Crippen molar-refractivity contribution < 1.29 is 27.6 Å². The highest BCUT2D eigenvalue weighted by molar-refractivity contribution is 5.97. The summed E-state index contributed by atoms with van der Waals surface area (Å²) in [6.45, 7) is 5.10. The summed E-state index contributed by atoms with van der Waals surface area (Å²) in [7, 11) is 0. The molecule has 0 radical (unpaired) electrons. The maximum Gasteiger partial charge on any atom is 0.307 e. The van der Waals surface area contributed by atoms with E-state index in [4.69, 9.17) is 4.74 Å². The number of Topliss-reactive ketones (excluding diaryl/α,β-unsaturated/α-hetero) is 1. The first-order valence-electron chi connectivity index (χ1n) is 13.0. The molecule has 3 aliphatic rings. The molecule has 0 unspecified atom stereocenters. The van der Waals surface area contributed by atoms with Gasteiger partial charge in [-0.2, -0.15) is 0 Å². The molecule has 192 valence electrons. The molecule has 4 nitrogen and oxygen atoms in total. The van der Waals surface area contributed by atoms with Crippen molar-refractivity contribution in [2.75, 3.05) is 26.2 Å². The van der Waals surface area contributed by atoms with E-state index in [0.29, 0.717) is 28.1 Å². The van der Waals surface area contributed by atoms with Crippen LogP contribution in [-0.2, 0) is 9.53 Å². The van der Waals surface area contributed by atoms with Crippen LogP contribution in [0.2, 0.25) is 0 Å². The Morgan fingerprint density at radius 1 is 0.919 bits per heavy atom. The van der Waals surface area contributed by atoms with Crippen molar-refractivity contribution in [3.05, 3.63) is 107 Å². The number of hydrogen-bond donors (Lipinski definition) is 0. The number of halogens is 2. The largest absolute Gasteiger partial charge is 0.453 e. The number of benzene rings is 3. The van der Waals surface area contributed by atoms with Crippen molar-refractivity contribution in [2.24, 2.45) is 11.8 Å². The van der Waals surface area contributed by atoms with Crippen molar-refractivity contribution in [2.45, 2.75) is 32.3 Å². The van der Waals surface area contributed by atoms with E-state index in [1.165, 1.54) is 24.3 Å². The third kappa shape index (κ3) is 5.80. The standard InChI is InChI=1S/C31H32F2NO3/c1-21-8-10-23(11-9-21)29(35)20-34-14-12-22(13-15-34)26(19-34)18-30(36)37-31(24-4-2-6-27(32)16-24)25-5-3-7-28(33)17-25/h2-11,16-17,22,26,31H,12-15,18-20H2,1H3/q+1/t22?,26-,34?/m0/s1. The summed E-state index contributed by atoms with van der Waals surface area (Å²) in [5.74, 6) is -0.612. The van der Waals surface area contributed by atoms with Crippen LogP contribution < -0.4 is 0 Å². The van der Waals surface area contributed by atoms with Gasteiger partial charge in [0, 0.05) is 24.3 Å². The predicted octanol–water partition coefficient (Wildman–Crippen LogP) is 6.04. The molecule has 0 saturated carbocycles. The summed E-state index contributed by atoms with van der Waals surface area (Å²) < 4.78 is 34.6. The lowest BCUT2D eigenvalue weighted by Crippen LogP contribution is -2.63. The summed E-state index contributed by atoms with van der Waals surface area (Å²) in [6.07, 6.45) is 1.29. The zero-order chi connectivity index (χ0) is 26.0. The second-order valence-electron chi connectivity index (χ2n) is 10.7. The molecule has 6 heteroatoms. The Morgan fingerprint density at radius 3 is 2.08 bits per heavy atom. The number of carbonyl (C=O) groups excluding carboxylic acids is 2. The average molecular weight is 505 g/mol. The number of esters is 1. The van der Waals surface area contributed by atoms with Crippen LogP contribution in [0.5, 0.6) is 0 Å². The molecule has 0 aliphatic carbocycles. The first-order valence-corrected chi connectivity index (χ1v) is 13.0. The molecule has 0 spiro atoms. The van der Waals surface area contributed by atoms with E-state index in [0.717, 1.165) is 43.6 Å². The number of rotatable bonds is 8. The molecule has 3 fully saturated rings. The Hall–Kier alpha value is -3.38. The SMILES string of the molecule is Cc1ccc(C(=O)C[N+]23CCC(CC2)[C@@H](CC(=O)OC(c2cccc(F)c2)c2cccc(F)c2)C3)cc1. The number of nitrogens with zero attached hydrogens (tertiary/aromatic N) is 1. The zero-order valence-corrected chi connectivity index (χ0v) is 21.0. The molecular weight excluding hydrogens is 472 g/mol. The number of ether oxygens (including phenoxy) is 1. The van der Waals surface area contributed by atoms with Gasteiger partial charge in [-0.25, -0.2) is 8.78 Å². The number of hydrogen-bond acceptors (Lipinski definition) is 3. The highest BCUT2D eigenvalue weighted by atomic mass is 19.1. The monoisotopic (exact) mass is 504 g/mol. The van der Waals surface area contributed by atoms with Gasteiger partial charge in [-0.15, -0.1) is 0 Å². The molecule has 3 aromatic rings. The van der Waals surface area contributed by atoms with E-state index in [-0.39, 0.29) is 24.1 Å². The van der Waals surface area contributed by atoms with E-state index in [1.54, 1.807) is 24.3 Å². The van der Waals surface area contributed by atoms with Crippen LogP contribution in [0.15, 0.2) is 72.8 Å². The van der Waals surface area contributed by atoms with E-state index in [2.05, 4.69) is 0 Å². The second-order valence-corrected chi connectivity index (χ2v) is 10.7. The molecule has 0 N–H and O–H groups in total. The number of aryl methyl sites for hydroxylation is 1. The molecular formula is C31H32F2NO3+. The van der Waals surface area contributed by atoms with Crippen LogP contribution in [0.4, 0.5) is 8.78 Å². The molecule has 3 saturated heterocycles. The summed E-state index contributed by atoms with van der Waals surface area (Å²) >= 11 is 0. The topological polar surface area (TPSA) is 43.4 Å². The van der Waals surface area contributed by atoms with Gasteiger partial charge < -0.3 is 9.22 Å². The van der Waals surface area contributed by atoms with Crippen molar-refractivity contribution in [1.82, 2.24) is 0 Å². The Morgan fingerprint density at radius 2 is 1.51 bits per heavy atom. The molecule has 2 bridgehead atoms. The zero-order valence-electron chi connectivity index (χ0n) is 21.0. The predicted molar refractivity (Wildman–Crippen MR) is 137 cm³/mol. The maximum atomic E-state index is 14.0. The first-order chi connectivity index (χ1) is 17.8. The van der Waals surface area contributed by atoms with Gasteiger partial charge in [0.05, 0.1) is 26.1 Å². The van der Waals surface area contributed by atoms with E-state index in [9.17, 15) is 18.4 Å². The lowest BCUT2D eigenvalue weighted by molar-refractivity contribution is -0.939. The number of fused-ring (bicyclic) bond motifs is 3. The molecule has 3 aromatic carbocycles. The fraction of sp³-hybridized carbons (Fsp3) is 0.355. The van der Waals surface area contributed by atoms with Gasteiger partial charge in [-0.3, -0.25) is 9.59 Å². The van der Waals surface area contributed by atoms with Gasteiger partial charge in [0.25, 0.3) is 0 Å². The van der Waals surface area contributed by atoms with Crippen molar-refractivity contribution in [3.63, 3.8) is 0 Å². The second kappa shape index (κ2) is 10.5. The van der Waals surface area contributed by atoms with Gasteiger partial charge in [0.15, 0.2) is 6.10 Å². The van der Waals surface area contributed by atoms with Gasteiger partial charge in [0.1, 0.15) is 18.2 Å². The lowest BCUT2D eigenvalue weighted by Gasteiger charge is -2.52. The molecule has 3 heterocycles. The lowest BCUT2D eigenvalue weighted by atomic mass is 9.75. The summed E-state index contributed by atoms with van der Waals surface area (Å²) in [5.41, 5.74) is 2.77. The molecule has 6 rings (SSSR count). The van der Waals surface area contributed by atoms with E-state index in [1.807, 2.05) is 31.2 Å². The van der Waals surface area contributed by atoms with Crippen LogP contribution in [0.25, 0.3) is 0 Å². The maximum absolute atomic E-state index is 14.0. The first kappa shape index (κ1) is 25.3. The van der Waals surface area contributed by atoms with Crippen LogP contribution in [-0.4, -0.2) is 42.4 Å². The fourth-order valence-corrected chi connectivity index (χ4v) is 6.09. The van der Waals surface area contributed by atoms with Gasteiger partial charge in [-0.05, 0) is 48.2 Å². The van der Waals surface area contributed by atoms with Gasteiger partial charge in [-0.1, -0.05) is 54.1 Å². The average Bonchev–Trinajstić information content (AvgIpc) is 2.88. The normalized spacial score (nSPS) is 22.7. The Bertz CT molecular complexity index is 1240. The number of ketones is 1. The minimum atomic E-state index is -0.897. The van der Waals surface area contributed by atoms with Crippen molar-refractivity contribution >= 4 is 11.8 Å². The smallest absolute Gasteiger partial charge is 0.307 e. The molecule has 37 heavy (non-hydrogen) atoms. The highest BCUT2D eigenvalue weighted by Gasteiger charge is 2.47. The summed E-state index contributed by atoms with van der Waals surface area (Å²) in [4.78, 5) is 26.3. The van der Waals surface area contributed by atoms with E-state index < -0.39 is 17.7 Å². The number of carbonyl (C=O) groups is 2. The Labute approximate surface area is 216 Å². The van der Waals surface area contributed by atoms with E-state index >= 15 is 0 Å². The minimum absolute atomic E-state index is 0.112. The molecule has 3 aliphatic heterocycles. The quantitative estimate of drug-likeness (QED) is 0.214. The van der Waals surface area contributed by atoms with Crippen molar-refractivity contribution in [1.29, 1.82) is 0 Å². The minimum Gasteiger partial charge on any atom is -0.453 e. The van der Waals surface area contributed by atoms with Crippen LogP contribution in [0, 0.1) is 30.4 Å². The fourth-order valence-electron chi connectivity index (χ4n) is 6.09. The Kier molecular flexibility index (Phi) is 7.20. The molecule has 0 aromatic heterocycles. The van der Waals surface area contributed by atoms with Gasteiger partial charge in [0.2, 0.25) is 5.78 Å².